The molecule has 3 aromatic heterocycles. The fraction of sp³-hybridized carbons (Fsp3) is 0.429. The second kappa shape index (κ2) is 9.52. The molecule has 0 saturated heterocycles. The van der Waals surface area contributed by atoms with Crippen molar-refractivity contribution in [2.75, 3.05) is 11.1 Å². The SMILES string of the molecule is CCSc1ccc(CNc2nc3cnc(-c4c(CC)ncnc4C4CC4)nc3n(C3(C)CC3)c2=O)cc1. The highest BCUT2D eigenvalue weighted by molar-refractivity contribution is 7.99. The number of nitrogens with zero attached hydrogens (tertiary/aromatic N) is 6. The van der Waals surface area contributed by atoms with Crippen molar-refractivity contribution < 1.29 is 0 Å². The summed E-state index contributed by atoms with van der Waals surface area (Å²) in [7, 11) is 0. The molecular weight excluding hydrogens is 482 g/mol. The van der Waals surface area contributed by atoms with Crippen molar-refractivity contribution in [2.24, 2.45) is 0 Å². The normalized spacial score (nSPS) is 16.2. The first kappa shape index (κ1) is 24.0. The van der Waals surface area contributed by atoms with Crippen LogP contribution in [0.2, 0.25) is 0 Å². The summed E-state index contributed by atoms with van der Waals surface area (Å²) in [6.07, 6.45) is 8.27. The van der Waals surface area contributed by atoms with E-state index in [1.807, 2.05) is 16.3 Å². The van der Waals surface area contributed by atoms with Crippen molar-refractivity contribution in [3.8, 4) is 11.4 Å². The van der Waals surface area contributed by atoms with Crippen LogP contribution in [0.3, 0.4) is 0 Å². The third-order valence-corrected chi connectivity index (χ3v) is 8.18. The Balaban J connectivity index is 1.41. The maximum absolute atomic E-state index is 13.7. The number of thioether (sulfide) groups is 1. The molecule has 2 saturated carbocycles. The molecule has 190 valence electrons. The van der Waals surface area contributed by atoms with Gasteiger partial charge in [0, 0.05) is 22.9 Å². The Bertz CT molecular complexity index is 1520. The molecule has 3 heterocycles. The van der Waals surface area contributed by atoms with E-state index >= 15 is 0 Å². The highest BCUT2D eigenvalue weighted by atomic mass is 32.2. The van der Waals surface area contributed by atoms with Crippen LogP contribution in [0.4, 0.5) is 5.82 Å². The number of nitrogens with one attached hydrogen (secondary N) is 1. The largest absolute Gasteiger partial charge is 0.361 e. The van der Waals surface area contributed by atoms with Gasteiger partial charge in [0.1, 0.15) is 11.8 Å². The van der Waals surface area contributed by atoms with Crippen molar-refractivity contribution in [2.45, 2.75) is 75.8 Å². The number of aryl methyl sites for hydroxylation is 1. The topological polar surface area (TPSA) is 98.5 Å². The van der Waals surface area contributed by atoms with E-state index in [2.05, 4.69) is 65.3 Å². The van der Waals surface area contributed by atoms with Gasteiger partial charge in [-0.1, -0.05) is 26.0 Å². The van der Waals surface area contributed by atoms with E-state index in [1.54, 1.807) is 12.5 Å². The Kier molecular flexibility index (Phi) is 6.18. The highest BCUT2D eigenvalue weighted by Gasteiger charge is 2.42. The van der Waals surface area contributed by atoms with Gasteiger partial charge >= 0.3 is 0 Å². The number of rotatable bonds is 9. The van der Waals surface area contributed by atoms with Gasteiger partial charge in [0.15, 0.2) is 17.3 Å². The summed E-state index contributed by atoms with van der Waals surface area (Å²) < 4.78 is 1.83. The Labute approximate surface area is 220 Å². The van der Waals surface area contributed by atoms with Crippen molar-refractivity contribution in [1.29, 1.82) is 0 Å². The van der Waals surface area contributed by atoms with E-state index in [9.17, 15) is 4.79 Å². The molecule has 4 aromatic rings. The van der Waals surface area contributed by atoms with Crippen molar-refractivity contribution in [3.63, 3.8) is 0 Å². The number of aromatic nitrogens is 6. The fourth-order valence-corrected chi connectivity index (χ4v) is 5.45. The van der Waals surface area contributed by atoms with Crippen molar-refractivity contribution in [1.82, 2.24) is 29.5 Å². The van der Waals surface area contributed by atoms with Crippen LogP contribution in [0.15, 0.2) is 46.5 Å². The Hall–Kier alpha value is -3.33. The summed E-state index contributed by atoms with van der Waals surface area (Å²) in [4.78, 5) is 38.5. The predicted molar refractivity (Wildman–Crippen MR) is 147 cm³/mol. The van der Waals surface area contributed by atoms with Crippen LogP contribution >= 0.6 is 11.8 Å². The third-order valence-electron chi connectivity index (χ3n) is 7.29. The van der Waals surface area contributed by atoms with Gasteiger partial charge in [0.05, 0.1) is 23.1 Å². The second-order valence-corrected chi connectivity index (χ2v) is 11.5. The van der Waals surface area contributed by atoms with Crippen LogP contribution in [-0.4, -0.2) is 35.2 Å². The third kappa shape index (κ3) is 4.61. The van der Waals surface area contributed by atoms with Gasteiger partial charge in [-0.2, -0.15) is 0 Å². The van der Waals surface area contributed by atoms with Gasteiger partial charge in [-0.25, -0.2) is 24.9 Å². The van der Waals surface area contributed by atoms with E-state index < -0.39 is 0 Å². The fourth-order valence-electron chi connectivity index (χ4n) is 4.79. The Morgan fingerprint density at radius 3 is 2.54 bits per heavy atom. The smallest absolute Gasteiger partial charge is 0.295 e. The van der Waals surface area contributed by atoms with Crippen LogP contribution in [-0.2, 0) is 18.5 Å². The van der Waals surface area contributed by atoms with Crippen LogP contribution in [0.25, 0.3) is 22.6 Å². The number of anilines is 1. The van der Waals surface area contributed by atoms with Gasteiger partial charge in [-0.05, 0) is 62.5 Å². The number of benzene rings is 1. The average Bonchev–Trinajstić information content (AvgIpc) is 3.85. The molecule has 0 aliphatic heterocycles. The van der Waals surface area contributed by atoms with Crippen LogP contribution in [0, 0.1) is 0 Å². The van der Waals surface area contributed by atoms with Crippen LogP contribution in [0.5, 0.6) is 0 Å². The molecule has 6 rings (SSSR count). The minimum Gasteiger partial charge on any atom is -0.361 e. The van der Waals surface area contributed by atoms with Gasteiger partial charge in [-0.3, -0.25) is 9.36 Å². The predicted octanol–water partition coefficient (Wildman–Crippen LogP) is 5.32. The quantitative estimate of drug-likeness (QED) is 0.301. The lowest BCUT2D eigenvalue weighted by atomic mass is 10.1. The molecule has 1 aromatic carbocycles. The molecule has 0 radical (unpaired) electrons. The number of hydrogen-bond donors (Lipinski definition) is 1. The minimum absolute atomic E-state index is 0.141. The maximum atomic E-state index is 13.7. The maximum Gasteiger partial charge on any atom is 0.295 e. The molecule has 2 fully saturated rings. The molecule has 2 aliphatic carbocycles. The molecule has 8 nitrogen and oxygen atoms in total. The molecule has 0 bridgehead atoms. The molecule has 1 N–H and O–H groups in total. The molecule has 0 amide bonds. The summed E-state index contributed by atoms with van der Waals surface area (Å²) >= 11 is 1.81. The van der Waals surface area contributed by atoms with Gasteiger partial charge in [0.2, 0.25) is 0 Å². The van der Waals surface area contributed by atoms with Crippen molar-refractivity contribution in [3.05, 3.63) is 64.1 Å². The average molecular weight is 514 g/mol. The summed E-state index contributed by atoms with van der Waals surface area (Å²) in [6, 6.07) is 8.41. The first-order valence-corrected chi connectivity index (χ1v) is 14.1. The summed E-state index contributed by atoms with van der Waals surface area (Å²) in [5.74, 6) is 2.39. The summed E-state index contributed by atoms with van der Waals surface area (Å²) in [5.41, 5.74) is 4.76. The first-order chi connectivity index (χ1) is 18.0. The number of fused-ring (bicyclic) bond motifs is 1. The van der Waals surface area contributed by atoms with E-state index in [0.29, 0.717) is 35.3 Å². The zero-order chi connectivity index (χ0) is 25.6. The molecule has 0 unspecified atom stereocenters. The number of hydrogen-bond acceptors (Lipinski definition) is 8. The van der Waals surface area contributed by atoms with E-state index in [4.69, 9.17) is 9.97 Å². The Morgan fingerprint density at radius 2 is 1.86 bits per heavy atom. The van der Waals surface area contributed by atoms with Crippen molar-refractivity contribution >= 4 is 28.7 Å². The molecule has 9 heteroatoms. The molecule has 0 spiro atoms. The summed E-state index contributed by atoms with van der Waals surface area (Å²) in [5, 5.41) is 3.28. The van der Waals surface area contributed by atoms with E-state index in [1.165, 1.54) is 4.90 Å². The summed E-state index contributed by atoms with van der Waals surface area (Å²) in [6.45, 7) is 6.86. The molecule has 37 heavy (non-hydrogen) atoms. The zero-order valence-corrected chi connectivity index (χ0v) is 22.3. The van der Waals surface area contributed by atoms with Gasteiger partial charge in [0.25, 0.3) is 5.56 Å². The van der Waals surface area contributed by atoms with E-state index in [0.717, 1.165) is 60.4 Å². The van der Waals surface area contributed by atoms with Gasteiger partial charge < -0.3 is 5.32 Å². The second-order valence-electron chi connectivity index (χ2n) is 10.1. The van der Waals surface area contributed by atoms with E-state index in [-0.39, 0.29) is 11.1 Å². The molecular formula is C28H31N7OS. The van der Waals surface area contributed by atoms with Gasteiger partial charge in [-0.15, -0.1) is 11.8 Å². The lowest BCUT2D eigenvalue weighted by Crippen LogP contribution is -2.32. The lowest BCUT2D eigenvalue weighted by Gasteiger charge is -2.18. The standard InChI is InChI=1S/C28H31N7OS/c1-4-20-22(23(18-8-9-18)32-16-31-20)24-30-15-21-26(34-24)35(28(3)12-13-28)27(36)25(33-21)29-14-17-6-10-19(11-7-17)37-5-2/h6-7,10-11,15-16,18H,4-5,8-9,12-14H2,1-3H3,(H,29,33). The van der Waals surface area contributed by atoms with Crippen LogP contribution < -0.4 is 10.9 Å². The highest BCUT2D eigenvalue weighted by Crippen LogP contribution is 2.45. The zero-order valence-electron chi connectivity index (χ0n) is 21.5. The minimum atomic E-state index is -0.264. The molecule has 2 aliphatic rings. The Morgan fingerprint density at radius 1 is 1.08 bits per heavy atom. The lowest BCUT2D eigenvalue weighted by molar-refractivity contribution is 0.527. The first-order valence-electron chi connectivity index (χ1n) is 13.1. The van der Waals surface area contributed by atoms with Crippen LogP contribution in [0.1, 0.15) is 69.3 Å². The monoisotopic (exact) mass is 513 g/mol. The molecule has 0 atom stereocenters.